The fourth-order valence-corrected chi connectivity index (χ4v) is 10.1. The summed E-state index contributed by atoms with van der Waals surface area (Å²) in [4.78, 5) is 0. The van der Waals surface area contributed by atoms with Gasteiger partial charge in [-0.2, -0.15) is 0 Å². The zero-order valence-corrected chi connectivity index (χ0v) is 31.1. The van der Waals surface area contributed by atoms with E-state index in [1.165, 1.54) is 92.5 Å². The average molecular weight is 729 g/mol. The molecule has 0 aliphatic heterocycles. The highest BCUT2D eigenvalue weighted by molar-refractivity contribution is 7.25. The van der Waals surface area contributed by atoms with E-state index in [0.29, 0.717) is 0 Å². The molecule has 0 N–H and O–H groups in total. The van der Waals surface area contributed by atoms with Crippen LogP contribution in [0.4, 0.5) is 0 Å². The van der Waals surface area contributed by atoms with E-state index in [4.69, 9.17) is 4.42 Å². The van der Waals surface area contributed by atoms with Crippen molar-refractivity contribution < 1.29 is 4.42 Å². The van der Waals surface area contributed by atoms with Crippen molar-refractivity contribution in [1.29, 1.82) is 0 Å². The fraction of sp³-hybridized carbons (Fsp3) is 0. The number of rotatable bonds is 3. The van der Waals surface area contributed by atoms with E-state index in [1.807, 2.05) is 23.5 Å². The lowest BCUT2D eigenvalue weighted by Crippen LogP contribution is -1.97. The van der Waals surface area contributed by atoms with Crippen LogP contribution >= 0.6 is 11.3 Å². The number of furan rings is 1. The van der Waals surface area contributed by atoms with Gasteiger partial charge in [-0.1, -0.05) is 133 Å². The number of fused-ring (bicyclic) bond motifs is 14. The van der Waals surface area contributed by atoms with Gasteiger partial charge in [-0.3, -0.25) is 0 Å². The predicted molar refractivity (Wildman–Crippen MR) is 238 cm³/mol. The normalized spacial score (nSPS) is 11.9. The first kappa shape index (κ1) is 31.4. The Kier molecular flexibility index (Phi) is 6.87. The summed E-state index contributed by atoms with van der Waals surface area (Å²) >= 11 is 1.86. The van der Waals surface area contributed by atoms with Crippen LogP contribution in [0.5, 0.6) is 0 Å². The molecule has 1 aliphatic rings. The average Bonchev–Trinajstić information content (AvgIpc) is 3.83. The SMILES string of the molecule is c1ccc2c(c1)-c1ccccc1-c1ccc(-c3cc(-c4ccc5oc6ccccc6c5c4)cc(-c4ccc5sc6ccccc6c5c4)c3)cc1-c1ccccc1-2. The molecule has 0 radical (unpaired) electrons. The van der Waals surface area contributed by atoms with Crippen molar-refractivity contribution in [2.45, 2.75) is 0 Å². The van der Waals surface area contributed by atoms with E-state index >= 15 is 0 Å². The zero-order valence-electron chi connectivity index (χ0n) is 30.3. The van der Waals surface area contributed by atoms with Crippen LogP contribution in [0.2, 0.25) is 0 Å². The molecule has 2 heteroatoms. The Morgan fingerprint density at radius 1 is 0.250 bits per heavy atom. The van der Waals surface area contributed by atoms with Gasteiger partial charge in [0.15, 0.2) is 0 Å². The molecule has 11 aromatic rings. The molecule has 9 aromatic carbocycles. The van der Waals surface area contributed by atoms with Crippen molar-refractivity contribution in [3.8, 4) is 77.9 Å². The molecule has 0 saturated carbocycles. The molecule has 0 bridgehead atoms. The van der Waals surface area contributed by atoms with Gasteiger partial charge in [0.25, 0.3) is 0 Å². The first-order chi connectivity index (χ1) is 27.7. The number of thiophene rings is 1. The van der Waals surface area contributed by atoms with Crippen molar-refractivity contribution in [1.82, 2.24) is 0 Å². The molecular weight excluding hydrogens is 697 g/mol. The Balaban J connectivity index is 1.10. The Morgan fingerprint density at radius 2 is 0.679 bits per heavy atom. The Bertz CT molecular complexity index is 3240. The van der Waals surface area contributed by atoms with E-state index in [0.717, 1.165) is 27.5 Å². The van der Waals surface area contributed by atoms with Crippen LogP contribution in [0.3, 0.4) is 0 Å². The largest absolute Gasteiger partial charge is 0.456 e. The van der Waals surface area contributed by atoms with Gasteiger partial charge in [0.1, 0.15) is 11.2 Å². The number of benzene rings is 9. The zero-order chi connectivity index (χ0) is 36.7. The van der Waals surface area contributed by atoms with Gasteiger partial charge < -0.3 is 4.42 Å². The first-order valence-electron chi connectivity index (χ1n) is 19.1. The lowest BCUT2D eigenvalue weighted by molar-refractivity contribution is 0.669. The second kappa shape index (κ2) is 12.3. The third-order valence-corrected chi connectivity index (χ3v) is 12.8. The molecule has 0 spiro atoms. The van der Waals surface area contributed by atoms with E-state index in [9.17, 15) is 0 Å². The molecule has 0 amide bonds. The van der Waals surface area contributed by atoms with Crippen LogP contribution in [-0.2, 0) is 0 Å². The van der Waals surface area contributed by atoms with Crippen molar-refractivity contribution in [3.63, 3.8) is 0 Å². The quantitative estimate of drug-likeness (QED) is 0.177. The molecule has 0 fully saturated rings. The minimum atomic E-state index is 0.906. The predicted octanol–water partition coefficient (Wildman–Crippen LogP) is 15.9. The highest BCUT2D eigenvalue weighted by atomic mass is 32.1. The second-order valence-corrected chi connectivity index (χ2v) is 15.9. The molecule has 0 unspecified atom stereocenters. The number of para-hydroxylation sites is 1. The highest BCUT2D eigenvalue weighted by Crippen LogP contribution is 2.49. The molecule has 1 nitrogen and oxygen atoms in total. The summed E-state index contributed by atoms with van der Waals surface area (Å²) in [6, 6.07) is 71.4. The molecule has 56 heavy (non-hydrogen) atoms. The first-order valence-corrected chi connectivity index (χ1v) is 20.0. The Morgan fingerprint density at radius 3 is 1.32 bits per heavy atom. The lowest BCUT2D eigenvalue weighted by Gasteiger charge is -2.23. The van der Waals surface area contributed by atoms with Gasteiger partial charge in [0, 0.05) is 30.9 Å². The van der Waals surface area contributed by atoms with Crippen molar-refractivity contribution in [2.24, 2.45) is 0 Å². The summed E-state index contributed by atoms with van der Waals surface area (Å²) in [5.74, 6) is 0. The summed E-state index contributed by atoms with van der Waals surface area (Å²) in [6.45, 7) is 0. The number of hydrogen-bond acceptors (Lipinski definition) is 2. The van der Waals surface area contributed by atoms with Crippen molar-refractivity contribution in [3.05, 3.63) is 194 Å². The summed E-state index contributed by atoms with van der Waals surface area (Å²) in [6.07, 6.45) is 0. The maximum Gasteiger partial charge on any atom is 0.135 e. The van der Waals surface area contributed by atoms with Crippen LogP contribution in [-0.4, -0.2) is 0 Å². The summed E-state index contributed by atoms with van der Waals surface area (Å²) < 4.78 is 8.88. The molecule has 0 atom stereocenters. The maximum absolute atomic E-state index is 6.25. The molecule has 260 valence electrons. The standard InChI is InChI=1S/C54H32OS/c1-2-12-40-39(11-1)41-13-3-4-15-43(41)45-24-21-33(30-48(45)44-16-6-5-14-42(40)44)36-27-37(34-22-25-52-49(31-34)46-17-7-9-19-51(46)55-52)29-38(28-36)35-23-26-54-50(32-35)47-18-8-10-20-53(47)56-54/h1-32H. The molecule has 2 aromatic heterocycles. The molecule has 0 saturated heterocycles. The van der Waals surface area contributed by atoms with Crippen molar-refractivity contribution in [2.75, 3.05) is 0 Å². The highest BCUT2D eigenvalue weighted by Gasteiger charge is 2.22. The molecule has 2 heterocycles. The fourth-order valence-electron chi connectivity index (χ4n) is 8.98. The van der Waals surface area contributed by atoms with Crippen LogP contribution in [0.15, 0.2) is 199 Å². The van der Waals surface area contributed by atoms with E-state index in [2.05, 4.69) is 182 Å². The van der Waals surface area contributed by atoms with Gasteiger partial charge in [0.2, 0.25) is 0 Å². The lowest BCUT2D eigenvalue weighted by atomic mass is 9.80. The minimum absolute atomic E-state index is 0.906. The molecule has 1 aliphatic carbocycles. The smallest absolute Gasteiger partial charge is 0.135 e. The summed E-state index contributed by atoms with van der Waals surface area (Å²) in [5, 5.41) is 4.88. The maximum atomic E-state index is 6.25. The van der Waals surface area contributed by atoms with Gasteiger partial charge in [0.05, 0.1) is 0 Å². The van der Waals surface area contributed by atoms with Crippen molar-refractivity contribution >= 4 is 53.4 Å². The number of hydrogen-bond donors (Lipinski definition) is 0. The van der Waals surface area contributed by atoms with Gasteiger partial charge in [-0.15, -0.1) is 11.3 Å². The second-order valence-electron chi connectivity index (χ2n) is 14.8. The van der Waals surface area contributed by atoms with E-state index in [1.54, 1.807) is 0 Å². The van der Waals surface area contributed by atoms with Crippen LogP contribution < -0.4 is 0 Å². The van der Waals surface area contributed by atoms with Gasteiger partial charge in [-0.25, -0.2) is 0 Å². The van der Waals surface area contributed by atoms with Crippen LogP contribution in [0.25, 0.3) is 120 Å². The molecule has 12 rings (SSSR count). The molecular formula is C54H32OS. The third kappa shape index (κ3) is 4.86. The summed E-state index contributed by atoms with van der Waals surface area (Å²) in [5.41, 5.74) is 18.9. The minimum Gasteiger partial charge on any atom is -0.456 e. The Labute approximate surface area is 328 Å². The van der Waals surface area contributed by atoms with Gasteiger partial charge in [-0.05, 0) is 139 Å². The van der Waals surface area contributed by atoms with Crippen LogP contribution in [0, 0.1) is 0 Å². The van der Waals surface area contributed by atoms with Crippen LogP contribution in [0.1, 0.15) is 0 Å². The topological polar surface area (TPSA) is 13.1 Å². The summed E-state index contributed by atoms with van der Waals surface area (Å²) in [7, 11) is 0. The van der Waals surface area contributed by atoms with Gasteiger partial charge >= 0.3 is 0 Å². The third-order valence-electron chi connectivity index (χ3n) is 11.6. The monoisotopic (exact) mass is 728 g/mol. The van der Waals surface area contributed by atoms with E-state index in [-0.39, 0.29) is 0 Å². The Hall–Kier alpha value is -7.00. The van der Waals surface area contributed by atoms with E-state index < -0.39 is 0 Å².